The van der Waals surface area contributed by atoms with Crippen molar-refractivity contribution in [3.8, 4) is 22.4 Å². The summed E-state index contributed by atoms with van der Waals surface area (Å²) in [7, 11) is 0. The summed E-state index contributed by atoms with van der Waals surface area (Å²) in [5.41, 5.74) is 5.76. The van der Waals surface area contributed by atoms with Gasteiger partial charge in [0.25, 0.3) is 0 Å². The molecule has 1 N–H and O–H groups in total. The quantitative estimate of drug-likeness (QED) is 0.541. The molecule has 0 radical (unpaired) electrons. The maximum Gasteiger partial charge on any atom is 0.192 e. The average molecular weight is 415 g/mol. The second kappa shape index (κ2) is 8.49. The molecule has 31 heavy (non-hydrogen) atoms. The Balaban J connectivity index is 1.35. The van der Waals surface area contributed by atoms with Gasteiger partial charge in [-0.3, -0.25) is 14.4 Å². The fourth-order valence-corrected chi connectivity index (χ4v) is 4.16. The van der Waals surface area contributed by atoms with Crippen LogP contribution in [-0.2, 0) is 11.3 Å². The molecule has 3 heterocycles. The molecule has 2 aromatic carbocycles. The van der Waals surface area contributed by atoms with E-state index in [0.717, 1.165) is 78.2 Å². The Bertz CT molecular complexity index is 1250. The van der Waals surface area contributed by atoms with E-state index in [2.05, 4.69) is 45.4 Å². The Hall–Kier alpha value is -3.22. The van der Waals surface area contributed by atoms with Crippen LogP contribution in [-0.4, -0.2) is 52.5 Å². The van der Waals surface area contributed by atoms with E-state index in [0.29, 0.717) is 0 Å². The van der Waals surface area contributed by atoms with E-state index in [4.69, 9.17) is 4.74 Å². The van der Waals surface area contributed by atoms with Crippen LogP contribution in [0.5, 0.6) is 0 Å². The van der Waals surface area contributed by atoms with Crippen LogP contribution < -0.4 is 5.43 Å². The molecule has 0 aliphatic carbocycles. The van der Waals surface area contributed by atoms with Gasteiger partial charge in [-0.25, -0.2) is 0 Å². The van der Waals surface area contributed by atoms with E-state index in [9.17, 15) is 4.79 Å². The van der Waals surface area contributed by atoms with Crippen molar-refractivity contribution < 1.29 is 4.74 Å². The molecule has 6 nitrogen and oxygen atoms in total. The highest BCUT2D eigenvalue weighted by Crippen LogP contribution is 2.26. The van der Waals surface area contributed by atoms with Crippen LogP contribution in [0.25, 0.3) is 33.3 Å². The summed E-state index contributed by atoms with van der Waals surface area (Å²) in [4.78, 5) is 18.6. The Kier molecular flexibility index (Phi) is 5.40. The zero-order valence-corrected chi connectivity index (χ0v) is 17.7. The summed E-state index contributed by atoms with van der Waals surface area (Å²) < 4.78 is 7.41. The van der Waals surface area contributed by atoms with Crippen LogP contribution in [0.3, 0.4) is 0 Å². The number of pyridine rings is 1. The number of para-hydroxylation sites is 1. The SMILES string of the molecule is Cc1c(-c2ccc(-c3cnn(CCN4CCOCC4)c3)cc2)[nH]c2ccccc2c1=O. The van der Waals surface area contributed by atoms with Gasteiger partial charge in [-0.1, -0.05) is 36.4 Å². The van der Waals surface area contributed by atoms with Crippen molar-refractivity contribution >= 4 is 10.9 Å². The highest BCUT2D eigenvalue weighted by molar-refractivity contribution is 5.83. The molecule has 0 bridgehead atoms. The van der Waals surface area contributed by atoms with E-state index in [-0.39, 0.29) is 5.43 Å². The van der Waals surface area contributed by atoms with Crippen molar-refractivity contribution in [1.29, 1.82) is 0 Å². The number of hydrogen-bond acceptors (Lipinski definition) is 4. The lowest BCUT2D eigenvalue weighted by molar-refractivity contribution is 0.0360. The first-order valence-corrected chi connectivity index (χ1v) is 10.7. The minimum absolute atomic E-state index is 0.0787. The minimum Gasteiger partial charge on any atom is -0.379 e. The second-order valence-electron chi connectivity index (χ2n) is 8.02. The van der Waals surface area contributed by atoms with E-state index in [1.54, 1.807) is 0 Å². The zero-order valence-electron chi connectivity index (χ0n) is 17.7. The summed E-state index contributed by atoms with van der Waals surface area (Å²) in [5.74, 6) is 0. The Morgan fingerprint density at radius 3 is 2.52 bits per heavy atom. The second-order valence-corrected chi connectivity index (χ2v) is 8.02. The number of rotatable bonds is 5. The fraction of sp³-hybridized carbons (Fsp3) is 0.280. The molecule has 0 saturated carbocycles. The molecule has 5 rings (SSSR count). The van der Waals surface area contributed by atoms with Crippen molar-refractivity contribution in [2.45, 2.75) is 13.5 Å². The number of hydrogen-bond donors (Lipinski definition) is 1. The predicted molar refractivity (Wildman–Crippen MR) is 123 cm³/mol. The smallest absolute Gasteiger partial charge is 0.192 e. The molecule has 0 unspecified atom stereocenters. The summed E-state index contributed by atoms with van der Waals surface area (Å²) in [5, 5.41) is 5.26. The number of aromatic amines is 1. The van der Waals surface area contributed by atoms with Crippen molar-refractivity contribution in [1.82, 2.24) is 19.7 Å². The summed E-state index contributed by atoms with van der Waals surface area (Å²) in [6.07, 6.45) is 4.01. The minimum atomic E-state index is 0.0787. The molecule has 2 aromatic heterocycles. The number of morpholine rings is 1. The number of fused-ring (bicyclic) bond motifs is 1. The lowest BCUT2D eigenvalue weighted by Gasteiger charge is -2.26. The summed E-state index contributed by atoms with van der Waals surface area (Å²) in [6.45, 7) is 7.36. The maximum absolute atomic E-state index is 12.7. The van der Waals surface area contributed by atoms with E-state index in [1.165, 1.54) is 0 Å². The van der Waals surface area contributed by atoms with E-state index >= 15 is 0 Å². The molecule has 0 atom stereocenters. The number of benzene rings is 2. The van der Waals surface area contributed by atoms with Crippen LogP contribution in [0.2, 0.25) is 0 Å². The van der Waals surface area contributed by atoms with Gasteiger partial charge in [0, 0.05) is 47.9 Å². The van der Waals surface area contributed by atoms with Crippen molar-refractivity contribution in [3.05, 3.63) is 76.7 Å². The molecule has 1 aliphatic heterocycles. The van der Waals surface area contributed by atoms with Crippen LogP contribution in [0.4, 0.5) is 0 Å². The van der Waals surface area contributed by atoms with Gasteiger partial charge in [-0.15, -0.1) is 0 Å². The molecule has 1 aliphatic rings. The topological polar surface area (TPSA) is 63.1 Å². The number of nitrogens with zero attached hydrogens (tertiary/aromatic N) is 3. The molecule has 1 fully saturated rings. The van der Waals surface area contributed by atoms with Gasteiger partial charge in [0.1, 0.15) is 0 Å². The van der Waals surface area contributed by atoms with Gasteiger partial charge in [-0.05, 0) is 30.2 Å². The molecule has 0 spiro atoms. The average Bonchev–Trinajstić information content (AvgIpc) is 3.30. The zero-order chi connectivity index (χ0) is 21.2. The molecular weight excluding hydrogens is 388 g/mol. The van der Waals surface area contributed by atoms with Crippen molar-refractivity contribution in [2.75, 3.05) is 32.8 Å². The van der Waals surface area contributed by atoms with Crippen LogP contribution >= 0.6 is 0 Å². The normalized spacial score (nSPS) is 14.9. The van der Waals surface area contributed by atoms with E-state index < -0.39 is 0 Å². The first kappa shape index (κ1) is 19.7. The first-order valence-electron chi connectivity index (χ1n) is 10.7. The van der Waals surface area contributed by atoms with E-state index in [1.807, 2.05) is 42.1 Å². The van der Waals surface area contributed by atoms with Gasteiger partial charge in [0.2, 0.25) is 0 Å². The summed E-state index contributed by atoms with van der Waals surface area (Å²) in [6, 6.07) is 16.0. The third-order valence-electron chi connectivity index (χ3n) is 6.04. The van der Waals surface area contributed by atoms with Gasteiger partial charge in [0.15, 0.2) is 5.43 Å². The highest BCUT2D eigenvalue weighted by atomic mass is 16.5. The Morgan fingerprint density at radius 2 is 1.71 bits per heavy atom. The number of nitrogens with one attached hydrogen (secondary N) is 1. The molecule has 158 valence electrons. The Morgan fingerprint density at radius 1 is 0.968 bits per heavy atom. The molecule has 4 aromatic rings. The third kappa shape index (κ3) is 4.04. The fourth-order valence-electron chi connectivity index (χ4n) is 4.16. The standard InChI is InChI=1S/C25H26N4O2/c1-18-24(27-23-5-3-2-4-22(23)25(18)30)20-8-6-19(7-9-20)21-16-26-29(17-21)11-10-28-12-14-31-15-13-28/h2-9,16-17H,10-15H2,1H3,(H,27,30). The predicted octanol–water partition coefficient (Wildman–Crippen LogP) is 3.70. The lowest BCUT2D eigenvalue weighted by Crippen LogP contribution is -2.38. The van der Waals surface area contributed by atoms with Gasteiger partial charge in [0.05, 0.1) is 31.6 Å². The first-order chi connectivity index (χ1) is 15.2. The largest absolute Gasteiger partial charge is 0.379 e. The van der Waals surface area contributed by atoms with Crippen molar-refractivity contribution in [3.63, 3.8) is 0 Å². The monoisotopic (exact) mass is 414 g/mol. The molecule has 0 amide bonds. The van der Waals surface area contributed by atoms with Crippen LogP contribution in [0, 0.1) is 6.92 Å². The highest BCUT2D eigenvalue weighted by Gasteiger charge is 2.12. The maximum atomic E-state index is 12.7. The molecular formula is C25H26N4O2. The van der Waals surface area contributed by atoms with Crippen molar-refractivity contribution in [2.24, 2.45) is 0 Å². The van der Waals surface area contributed by atoms with Gasteiger partial charge < -0.3 is 9.72 Å². The number of ether oxygens (including phenoxy) is 1. The lowest BCUT2D eigenvalue weighted by atomic mass is 10.0. The summed E-state index contributed by atoms with van der Waals surface area (Å²) >= 11 is 0. The third-order valence-corrected chi connectivity index (χ3v) is 6.04. The number of H-pyrrole nitrogens is 1. The van der Waals surface area contributed by atoms with Gasteiger partial charge in [-0.2, -0.15) is 5.10 Å². The number of aromatic nitrogens is 3. The van der Waals surface area contributed by atoms with Crippen LogP contribution in [0.15, 0.2) is 65.7 Å². The Labute approximate surface area is 181 Å². The molecule has 6 heteroatoms. The van der Waals surface area contributed by atoms with Gasteiger partial charge >= 0.3 is 0 Å². The molecule has 1 saturated heterocycles. The van der Waals surface area contributed by atoms with Crippen LogP contribution in [0.1, 0.15) is 5.56 Å².